The van der Waals surface area contributed by atoms with Crippen LogP contribution < -0.4 is 10.9 Å². The zero-order valence-electron chi connectivity index (χ0n) is 20.6. The molecule has 0 bridgehead atoms. The zero-order valence-corrected chi connectivity index (χ0v) is 23.0. The number of halogens is 4. The molecule has 2 heterocycles. The quantitative estimate of drug-likeness (QED) is 0.144. The highest BCUT2D eigenvalue weighted by Gasteiger charge is 2.30. The van der Waals surface area contributed by atoms with Crippen molar-refractivity contribution in [2.45, 2.75) is 31.7 Å². The van der Waals surface area contributed by atoms with Crippen LogP contribution in [0, 0.1) is 6.92 Å². The SMILES string of the molecule is CCOC(=O)c1sc2nc(SCC(=O)Nc3cccc(C(F)(F)F)c3)n(Cc3cccc(Cl)c3)c(=O)c2c1C. The van der Waals surface area contributed by atoms with Crippen LogP contribution in [0.5, 0.6) is 0 Å². The van der Waals surface area contributed by atoms with Gasteiger partial charge in [-0.3, -0.25) is 14.2 Å². The lowest BCUT2D eigenvalue weighted by molar-refractivity contribution is -0.137. The van der Waals surface area contributed by atoms with Gasteiger partial charge in [0.25, 0.3) is 5.56 Å². The summed E-state index contributed by atoms with van der Waals surface area (Å²) in [6, 6.07) is 11.2. The smallest absolute Gasteiger partial charge is 0.416 e. The monoisotopic (exact) mass is 595 g/mol. The average Bonchev–Trinajstić information content (AvgIpc) is 3.21. The maximum Gasteiger partial charge on any atom is 0.416 e. The number of carbonyl (C=O) groups excluding carboxylic acids is 2. The number of rotatable bonds is 8. The van der Waals surface area contributed by atoms with Crippen LogP contribution in [-0.4, -0.2) is 33.8 Å². The van der Waals surface area contributed by atoms with Gasteiger partial charge >= 0.3 is 12.1 Å². The summed E-state index contributed by atoms with van der Waals surface area (Å²) in [6.45, 7) is 3.58. The number of nitrogens with one attached hydrogen (secondary N) is 1. The van der Waals surface area contributed by atoms with E-state index in [0.29, 0.717) is 21.0 Å². The summed E-state index contributed by atoms with van der Waals surface area (Å²) in [6.07, 6.45) is -4.55. The van der Waals surface area contributed by atoms with E-state index in [4.69, 9.17) is 16.3 Å². The Kier molecular flexibility index (Phi) is 8.67. The second kappa shape index (κ2) is 11.8. The van der Waals surface area contributed by atoms with Crippen molar-refractivity contribution in [2.75, 3.05) is 17.7 Å². The maximum absolute atomic E-state index is 13.6. The summed E-state index contributed by atoms with van der Waals surface area (Å²) in [4.78, 5) is 43.8. The van der Waals surface area contributed by atoms with Gasteiger partial charge in [0.1, 0.15) is 9.71 Å². The third-order valence-electron chi connectivity index (χ3n) is 5.51. The molecule has 0 aliphatic heterocycles. The topological polar surface area (TPSA) is 90.3 Å². The van der Waals surface area contributed by atoms with Crippen molar-refractivity contribution in [3.63, 3.8) is 0 Å². The Labute approximate surface area is 234 Å². The average molecular weight is 596 g/mol. The fourth-order valence-electron chi connectivity index (χ4n) is 3.76. The number of nitrogens with zero attached hydrogens (tertiary/aromatic N) is 2. The fourth-order valence-corrected chi connectivity index (χ4v) is 5.88. The molecule has 2 aromatic heterocycles. The van der Waals surface area contributed by atoms with Gasteiger partial charge in [-0.15, -0.1) is 11.3 Å². The first-order valence-corrected chi connectivity index (χ1v) is 13.7. The predicted molar refractivity (Wildman–Crippen MR) is 146 cm³/mol. The summed E-state index contributed by atoms with van der Waals surface area (Å²) in [7, 11) is 0. The van der Waals surface area contributed by atoms with E-state index in [-0.39, 0.29) is 40.0 Å². The standard InChI is InChI=1S/C26H21ClF3N3O4S2/c1-3-37-24(36)21-14(2)20-22(39-21)32-25(33(23(20)35)12-15-6-4-8-17(27)10-15)38-13-19(34)31-18-9-5-7-16(11-18)26(28,29)30/h4-11H,3,12-13H2,1-2H3,(H,31,34). The molecule has 0 saturated carbocycles. The van der Waals surface area contributed by atoms with Gasteiger partial charge < -0.3 is 10.1 Å². The van der Waals surface area contributed by atoms with E-state index < -0.39 is 29.2 Å². The lowest BCUT2D eigenvalue weighted by Gasteiger charge is -2.13. The Morgan fingerprint density at radius 2 is 1.92 bits per heavy atom. The highest BCUT2D eigenvalue weighted by molar-refractivity contribution is 7.99. The number of amides is 1. The number of carbonyl (C=O) groups is 2. The van der Waals surface area contributed by atoms with E-state index >= 15 is 0 Å². The first-order valence-electron chi connectivity index (χ1n) is 11.5. The molecule has 0 atom stereocenters. The third kappa shape index (κ3) is 6.63. The van der Waals surface area contributed by atoms with Crippen molar-refractivity contribution in [1.29, 1.82) is 0 Å². The van der Waals surface area contributed by atoms with Gasteiger partial charge in [0, 0.05) is 10.7 Å². The van der Waals surface area contributed by atoms with Crippen molar-refractivity contribution in [3.8, 4) is 0 Å². The number of aromatic nitrogens is 2. The molecule has 7 nitrogen and oxygen atoms in total. The van der Waals surface area contributed by atoms with Crippen LogP contribution in [0.15, 0.2) is 58.5 Å². The number of hydrogen-bond acceptors (Lipinski definition) is 7. The van der Waals surface area contributed by atoms with Crippen LogP contribution in [0.3, 0.4) is 0 Å². The van der Waals surface area contributed by atoms with Gasteiger partial charge in [-0.1, -0.05) is 41.6 Å². The molecule has 4 aromatic rings. The molecule has 0 unspecified atom stereocenters. The highest BCUT2D eigenvalue weighted by atomic mass is 35.5. The van der Waals surface area contributed by atoms with Crippen molar-refractivity contribution in [1.82, 2.24) is 9.55 Å². The van der Waals surface area contributed by atoms with Crippen LogP contribution >= 0.6 is 34.7 Å². The van der Waals surface area contributed by atoms with Crippen molar-refractivity contribution in [2.24, 2.45) is 0 Å². The maximum atomic E-state index is 13.6. The van der Waals surface area contributed by atoms with E-state index in [1.165, 1.54) is 16.7 Å². The Balaban J connectivity index is 1.67. The fraction of sp³-hybridized carbons (Fsp3) is 0.231. The Bertz CT molecular complexity index is 1620. The minimum atomic E-state index is -4.55. The van der Waals surface area contributed by atoms with E-state index in [1.54, 1.807) is 38.1 Å². The minimum Gasteiger partial charge on any atom is -0.462 e. The molecule has 1 N–H and O–H groups in total. The number of alkyl halides is 3. The summed E-state index contributed by atoms with van der Waals surface area (Å²) < 4.78 is 45.5. The van der Waals surface area contributed by atoms with Gasteiger partial charge in [0.05, 0.1) is 29.9 Å². The molecular formula is C26H21ClF3N3O4S2. The molecule has 0 radical (unpaired) electrons. The number of thiophene rings is 1. The molecule has 39 heavy (non-hydrogen) atoms. The van der Waals surface area contributed by atoms with Crippen LogP contribution in [0.1, 0.15) is 33.3 Å². The molecule has 0 saturated heterocycles. The summed E-state index contributed by atoms with van der Waals surface area (Å²) in [5, 5.41) is 3.38. The number of thioether (sulfide) groups is 1. The van der Waals surface area contributed by atoms with Gasteiger partial charge in [0.15, 0.2) is 5.16 Å². The minimum absolute atomic E-state index is 0.0110. The largest absolute Gasteiger partial charge is 0.462 e. The van der Waals surface area contributed by atoms with Crippen LogP contribution in [0.4, 0.5) is 18.9 Å². The number of fused-ring (bicyclic) bond motifs is 1. The Hall–Kier alpha value is -3.35. The van der Waals surface area contributed by atoms with Crippen molar-refractivity contribution >= 4 is 62.5 Å². The molecule has 4 rings (SSSR count). The molecule has 0 fully saturated rings. The predicted octanol–water partition coefficient (Wildman–Crippen LogP) is 6.39. The second-order valence-corrected chi connectivity index (χ2v) is 10.7. The van der Waals surface area contributed by atoms with Gasteiger partial charge in [-0.05, 0) is 55.3 Å². The molecule has 1 amide bonds. The molecule has 2 aromatic carbocycles. The van der Waals surface area contributed by atoms with Crippen LogP contribution in [0.25, 0.3) is 10.2 Å². The van der Waals surface area contributed by atoms with E-state index in [2.05, 4.69) is 10.3 Å². The molecule has 0 spiro atoms. The number of hydrogen-bond donors (Lipinski definition) is 1. The van der Waals surface area contributed by atoms with E-state index in [0.717, 1.165) is 35.2 Å². The van der Waals surface area contributed by atoms with E-state index in [1.807, 2.05) is 0 Å². The van der Waals surface area contributed by atoms with Crippen molar-refractivity contribution < 1.29 is 27.5 Å². The number of esters is 1. The third-order valence-corrected chi connectivity index (χ3v) is 7.89. The lowest BCUT2D eigenvalue weighted by Crippen LogP contribution is -2.25. The van der Waals surface area contributed by atoms with Gasteiger partial charge in [-0.2, -0.15) is 13.2 Å². The first kappa shape index (κ1) is 28.7. The Morgan fingerprint density at radius 3 is 2.62 bits per heavy atom. The number of benzene rings is 2. The molecule has 0 aliphatic carbocycles. The normalized spacial score (nSPS) is 11.5. The molecule has 13 heteroatoms. The number of aryl methyl sites for hydroxylation is 1. The molecule has 204 valence electrons. The van der Waals surface area contributed by atoms with Crippen LogP contribution in [-0.2, 0) is 22.3 Å². The van der Waals surface area contributed by atoms with Gasteiger partial charge in [-0.25, -0.2) is 9.78 Å². The second-order valence-electron chi connectivity index (χ2n) is 8.29. The highest BCUT2D eigenvalue weighted by Crippen LogP contribution is 2.32. The summed E-state index contributed by atoms with van der Waals surface area (Å²) >= 11 is 8.08. The first-order chi connectivity index (χ1) is 18.5. The zero-order chi connectivity index (χ0) is 28.3. The van der Waals surface area contributed by atoms with Crippen LogP contribution in [0.2, 0.25) is 5.02 Å². The number of ether oxygens (including phenoxy) is 1. The van der Waals surface area contributed by atoms with E-state index in [9.17, 15) is 27.6 Å². The summed E-state index contributed by atoms with van der Waals surface area (Å²) in [5.74, 6) is -1.38. The molecule has 0 aliphatic rings. The molecular weight excluding hydrogens is 575 g/mol. The Morgan fingerprint density at radius 1 is 1.18 bits per heavy atom. The van der Waals surface area contributed by atoms with Gasteiger partial charge in [0.2, 0.25) is 5.91 Å². The van der Waals surface area contributed by atoms with Crippen molar-refractivity contribution in [3.05, 3.63) is 85.5 Å². The summed E-state index contributed by atoms with van der Waals surface area (Å²) in [5.41, 5.74) is -0.154. The lowest BCUT2D eigenvalue weighted by atomic mass is 10.2. The number of anilines is 1.